The van der Waals surface area contributed by atoms with Gasteiger partial charge in [0.2, 0.25) is 5.91 Å². The lowest BCUT2D eigenvalue weighted by atomic mass is 9.93. The van der Waals surface area contributed by atoms with Crippen LogP contribution in [0.1, 0.15) is 51.9 Å². The summed E-state index contributed by atoms with van der Waals surface area (Å²) in [6.07, 6.45) is 6.63. The fraction of sp³-hybridized carbons (Fsp3) is 0.867. The van der Waals surface area contributed by atoms with E-state index in [1.165, 1.54) is 12.8 Å². The van der Waals surface area contributed by atoms with Crippen LogP contribution in [0, 0.1) is 0 Å². The van der Waals surface area contributed by atoms with E-state index in [2.05, 4.69) is 0 Å². The van der Waals surface area contributed by atoms with Crippen molar-refractivity contribution < 1.29 is 14.7 Å². The largest absolute Gasteiger partial charge is 0.480 e. The molecule has 0 spiro atoms. The molecule has 0 saturated carbocycles. The average molecular weight is 282 g/mol. The number of carboxylic acids is 1. The van der Waals surface area contributed by atoms with Gasteiger partial charge in [-0.05, 0) is 38.6 Å². The topological polar surface area (TPSA) is 60.9 Å². The number of hydrogen-bond acceptors (Lipinski definition) is 3. The minimum Gasteiger partial charge on any atom is -0.480 e. The van der Waals surface area contributed by atoms with E-state index in [-0.39, 0.29) is 12.5 Å². The highest BCUT2D eigenvalue weighted by molar-refractivity contribution is 5.82. The zero-order valence-electron chi connectivity index (χ0n) is 12.4. The maximum atomic E-state index is 12.4. The molecule has 0 aromatic rings. The molecule has 20 heavy (non-hydrogen) atoms. The normalized spacial score (nSPS) is 28.4. The molecule has 1 unspecified atom stereocenters. The lowest BCUT2D eigenvalue weighted by Gasteiger charge is -2.34. The summed E-state index contributed by atoms with van der Waals surface area (Å²) in [4.78, 5) is 27.9. The van der Waals surface area contributed by atoms with Gasteiger partial charge in [-0.15, -0.1) is 0 Å². The van der Waals surface area contributed by atoms with E-state index in [0.29, 0.717) is 12.8 Å². The van der Waals surface area contributed by atoms with Crippen molar-refractivity contribution in [3.63, 3.8) is 0 Å². The van der Waals surface area contributed by atoms with Crippen LogP contribution in [0.5, 0.6) is 0 Å². The predicted octanol–water partition coefficient (Wildman–Crippen LogP) is 1.72. The van der Waals surface area contributed by atoms with Crippen LogP contribution in [0.2, 0.25) is 0 Å². The van der Waals surface area contributed by atoms with Gasteiger partial charge in [-0.3, -0.25) is 14.5 Å². The van der Waals surface area contributed by atoms with Gasteiger partial charge in [-0.1, -0.05) is 19.8 Å². The fourth-order valence-electron chi connectivity index (χ4n) is 3.54. The van der Waals surface area contributed by atoms with Gasteiger partial charge < -0.3 is 10.0 Å². The van der Waals surface area contributed by atoms with Gasteiger partial charge in [0.15, 0.2) is 0 Å². The molecular formula is C15H26N2O3. The Hall–Kier alpha value is -1.10. The van der Waals surface area contributed by atoms with E-state index in [1.807, 2.05) is 16.7 Å². The minimum atomic E-state index is -0.818. The molecule has 1 atom stereocenters. The van der Waals surface area contributed by atoms with Crippen LogP contribution in [-0.4, -0.2) is 58.5 Å². The molecule has 5 heteroatoms. The number of amides is 1. The quantitative estimate of drug-likeness (QED) is 0.853. The summed E-state index contributed by atoms with van der Waals surface area (Å²) in [5.74, 6) is -0.672. The van der Waals surface area contributed by atoms with E-state index in [1.54, 1.807) is 0 Å². The molecule has 0 aromatic heterocycles. The Bertz CT molecular complexity index is 364. The summed E-state index contributed by atoms with van der Waals surface area (Å²) >= 11 is 0. The van der Waals surface area contributed by atoms with E-state index in [9.17, 15) is 14.7 Å². The van der Waals surface area contributed by atoms with Crippen LogP contribution in [0.3, 0.4) is 0 Å². The lowest BCUT2D eigenvalue weighted by molar-refractivity contribution is -0.151. The Morgan fingerprint density at radius 2 is 1.70 bits per heavy atom. The Balaban J connectivity index is 2.00. The standard InChI is InChI=1S/C15H26N2O3/c1-2-15(14(19)20)8-7-11-17(15)12-13(18)16-9-5-3-4-6-10-16/h2-12H2,1H3,(H,19,20). The molecule has 0 radical (unpaired) electrons. The van der Waals surface area contributed by atoms with E-state index >= 15 is 0 Å². The lowest BCUT2D eigenvalue weighted by Crippen LogP contribution is -2.53. The summed E-state index contributed by atoms with van der Waals surface area (Å²) < 4.78 is 0. The van der Waals surface area contributed by atoms with Crippen molar-refractivity contribution >= 4 is 11.9 Å². The van der Waals surface area contributed by atoms with Crippen molar-refractivity contribution in [2.24, 2.45) is 0 Å². The summed E-state index contributed by atoms with van der Waals surface area (Å²) in [7, 11) is 0. The molecule has 2 heterocycles. The number of carboxylic acid groups (broad SMARTS) is 1. The maximum Gasteiger partial charge on any atom is 0.324 e. The number of carbonyl (C=O) groups is 2. The second-order valence-electron chi connectivity index (χ2n) is 6.01. The van der Waals surface area contributed by atoms with Gasteiger partial charge in [0.1, 0.15) is 5.54 Å². The van der Waals surface area contributed by atoms with E-state index in [0.717, 1.165) is 38.9 Å². The number of hydrogen-bond donors (Lipinski definition) is 1. The number of aliphatic carboxylic acids is 1. The van der Waals surface area contributed by atoms with Crippen molar-refractivity contribution in [2.45, 2.75) is 57.4 Å². The Labute approximate surface area is 120 Å². The van der Waals surface area contributed by atoms with Gasteiger partial charge in [0, 0.05) is 13.1 Å². The Morgan fingerprint density at radius 3 is 2.25 bits per heavy atom. The summed E-state index contributed by atoms with van der Waals surface area (Å²) in [6.45, 7) is 4.56. The van der Waals surface area contributed by atoms with Crippen LogP contribution < -0.4 is 0 Å². The maximum absolute atomic E-state index is 12.4. The van der Waals surface area contributed by atoms with Crippen molar-refractivity contribution in [1.82, 2.24) is 9.80 Å². The van der Waals surface area contributed by atoms with Crippen LogP contribution in [0.25, 0.3) is 0 Å². The molecule has 114 valence electrons. The van der Waals surface area contributed by atoms with Gasteiger partial charge in [0.05, 0.1) is 6.54 Å². The molecule has 1 N–H and O–H groups in total. The van der Waals surface area contributed by atoms with Crippen LogP contribution in [-0.2, 0) is 9.59 Å². The average Bonchev–Trinajstić information content (AvgIpc) is 2.66. The second kappa shape index (κ2) is 6.57. The number of likely N-dealkylation sites (tertiary alicyclic amines) is 2. The number of nitrogens with zero attached hydrogens (tertiary/aromatic N) is 2. The monoisotopic (exact) mass is 282 g/mol. The Morgan fingerprint density at radius 1 is 1.05 bits per heavy atom. The van der Waals surface area contributed by atoms with Gasteiger partial charge in [-0.25, -0.2) is 0 Å². The van der Waals surface area contributed by atoms with Crippen molar-refractivity contribution in [1.29, 1.82) is 0 Å². The molecule has 2 fully saturated rings. The minimum absolute atomic E-state index is 0.105. The smallest absolute Gasteiger partial charge is 0.324 e. The molecule has 5 nitrogen and oxygen atoms in total. The Kier molecular flexibility index (Phi) is 5.02. The van der Waals surface area contributed by atoms with Crippen molar-refractivity contribution in [3.05, 3.63) is 0 Å². The SMILES string of the molecule is CCC1(C(=O)O)CCCN1CC(=O)N1CCCCCC1. The van der Waals surface area contributed by atoms with E-state index in [4.69, 9.17) is 0 Å². The third-order valence-electron chi connectivity index (χ3n) is 4.89. The first-order valence-electron chi connectivity index (χ1n) is 7.86. The molecule has 2 saturated heterocycles. The third-order valence-corrected chi connectivity index (χ3v) is 4.89. The highest BCUT2D eigenvalue weighted by Crippen LogP contribution is 2.32. The van der Waals surface area contributed by atoms with Crippen LogP contribution >= 0.6 is 0 Å². The van der Waals surface area contributed by atoms with Crippen molar-refractivity contribution in [3.8, 4) is 0 Å². The first-order chi connectivity index (χ1) is 9.60. The highest BCUT2D eigenvalue weighted by Gasteiger charge is 2.46. The molecule has 2 aliphatic heterocycles. The van der Waals surface area contributed by atoms with Gasteiger partial charge in [0.25, 0.3) is 0 Å². The fourth-order valence-corrected chi connectivity index (χ4v) is 3.54. The second-order valence-corrected chi connectivity index (χ2v) is 6.01. The molecule has 0 bridgehead atoms. The zero-order chi connectivity index (χ0) is 14.6. The van der Waals surface area contributed by atoms with Gasteiger partial charge in [-0.2, -0.15) is 0 Å². The van der Waals surface area contributed by atoms with Gasteiger partial charge >= 0.3 is 5.97 Å². The predicted molar refractivity (Wildman–Crippen MR) is 76.5 cm³/mol. The molecule has 1 amide bonds. The summed E-state index contributed by atoms with van der Waals surface area (Å²) in [5, 5.41) is 9.54. The molecule has 2 aliphatic rings. The molecule has 0 aliphatic carbocycles. The first-order valence-corrected chi connectivity index (χ1v) is 7.86. The summed E-state index contributed by atoms with van der Waals surface area (Å²) in [5.41, 5.74) is -0.818. The summed E-state index contributed by atoms with van der Waals surface area (Å²) in [6, 6.07) is 0. The van der Waals surface area contributed by atoms with Crippen LogP contribution in [0.4, 0.5) is 0 Å². The number of carbonyl (C=O) groups excluding carboxylic acids is 1. The molecule has 0 aromatic carbocycles. The van der Waals surface area contributed by atoms with Crippen molar-refractivity contribution in [2.75, 3.05) is 26.2 Å². The van der Waals surface area contributed by atoms with E-state index < -0.39 is 11.5 Å². The molecule has 2 rings (SSSR count). The molecular weight excluding hydrogens is 256 g/mol. The highest BCUT2D eigenvalue weighted by atomic mass is 16.4. The first kappa shape index (κ1) is 15.3. The van der Waals surface area contributed by atoms with Crippen LogP contribution in [0.15, 0.2) is 0 Å². The number of rotatable bonds is 4. The third kappa shape index (κ3) is 2.97. The zero-order valence-corrected chi connectivity index (χ0v) is 12.4.